The van der Waals surface area contributed by atoms with Crippen molar-refractivity contribution < 1.29 is 4.79 Å². The summed E-state index contributed by atoms with van der Waals surface area (Å²) in [6.07, 6.45) is 6.96. The van der Waals surface area contributed by atoms with Crippen LogP contribution >= 0.6 is 0 Å². The summed E-state index contributed by atoms with van der Waals surface area (Å²) in [7, 11) is 1.75. The van der Waals surface area contributed by atoms with E-state index in [1.807, 2.05) is 9.47 Å². The predicted octanol–water partition coefficient (Wildman–Crippen LogP) is 2.84. The van der Waals surface area contributed by atoms with Crippen LogP contribution in [-0.4, -0.2) is 38.2 Å². The van der Waals surface area contributed by atoms with Crippen molar-refractivity contribution in [2.75, 3.05) is 13.1 Å². The van der Waals surface area contributed by atoms with E-state index in [4.69, 9.17) is 0 Å². The van der Waals surface area contributed by atoms with Crippen molar-refractivity contribution in [1.82, 2.24) is 19.2 Å². The Balaban J connectivity index is 1.70. The maximum absolute atomic E-state index is 12.5. The Kier molecular flexibility index (Phi) is 5.07. The molecule has 0 aromatic carbocycles. The van der Waals surface area contributed by atoms with Gasteiger partial charge in [0.15, 0.2) is 0 Å². The predicted molar refractivity (Wildman–Crippen MR) is 97.6 cm³/mol. The molecule has 2 heterocycles. The number of carbonyl (C=O) groups excluding carboxylic acids is 1. The summed E-state index contributed by atoms with van der Waals surface area (Å²) in [6, 6.07) is 0.316. The van der Waals surface area contributed by atoms with Gasteiger partial charge >= 0.3 is 5.69 Å². The molecule has 0 N–H and O–H groups in total. The van der Waals surface area contributed by atoms with Gasteiger partial charge in [-0.15, -0.1) is 0 Å². The van der Waals surface area contributed by atoms with Gasteiger partial charge in [0.25, 0.3) is 0 Å². The maximum Gasteiger partial charge on any atom is 0.345 e. The van der Waals surface area contributed by atoms with E-state index in [0.29, 0.717) is 12.5 Å². The Morgan fingerprint density at radius 2 is 1.72 bits per heavy atom. The van der Waals surface area contributed by atoms with Gasteiger partial charge in [0.1, 0.15) is 5.82 Å². The molecule has 1 aromatic heterocycles. The van der Waals surface area contributed by atoms with E-state index in [1.54, 1.807) is 7.05 Å². The smallest absolute Gasteiger partial charge is 0.343 e. The largest absolute Gasteiger partial charge is 0.345 e. The van der Waals surface area contributed by atoms with Crippen molar-refractivity contribution in [3.05, 3.63) is 16.3 Å². The average molecular weight is 348 g/mol. The summed E-state index contributed by atoms with van der Waals surface area (Å²) in [6.45, 7) is 7.85. The van der Waals surface area contributed by atoms with Gasteiger partial charge in [-0.2, -0.15) is 5.10 Å². The van der Waals surface area contributed by atoms with Crippen molar-refractivity contribution in [2.45, 2.75) is 77.7 Å². The molecule has 0 atom stereocenters. The number of hydrogen-bond donors (Lipinski definition) is 0. The number of carbonyl (C=O) groups is 1. The molecule has 6 nitrogen and oxygen atoms in total. The van der Waals surface area contributed by atoms with Gasteiger partial charge in [-0.05, 0) is 31.1 Å². The monoisotopic (exact) mass is 348 g/mol. The van der Waals surface area contributed by atoms with Crippen molar-refractivity contribution >= 4 is 5.91 Å². The van der Waals surface area contributed by atoms with Crippen LogP contribution in [0.15, 0.2) is 4.79 Å². The summed E-state index contributed by atoms with van der Waals surface area (Å²) >= 11 is 0. The Morgan fingerprint density at radius 3 is 2.28 bits per heavy atom. The Hall–Kier alpha value is -1.59. The molecular weight excluding hydrogens is 316 g/mol. The highest BCUT2D eigenvalue weighted by Crippen LogP contribution is 2.34. The molecule has 1 saturated carbocycles. The molecule has 1 aromatic rings. The lowest BCUT2D eigenvalue weighted by molar-refractivity contribution is -0.134. The van der Waals surface area contributed by atoms with Gasteiger partial charge in [0.05, 0.1) is 0 Å². The highest BCUT2D eigenvalue weighted by molar-refractivity contribution is 5.76. The zero-order valence-corrected chi connectivity index (χ0v) is 16.1. The molecule has 2 fully saturated rings. The van der Waals surface area contributed by atoms with Gasteiger partial charge in [0, 0.05) is 38.5 Å². The molecule has 1 amide bonds. The number of aryl methyl sites for hydroxylation is 1. The first-order valence-electron chi connectivity index (χ1n) is 9.69. The van der Waals surface area contributed by atoms with Gasteiger partial charge in [-0.3, -0.25) is 9.36 Å². The highest BCUT2D eigenvalue weighted by Gasteiger charge is 2.32. The van der Waals surface area contributed by atoms with Crippen LogP contribution in [0.5, 0.6) is 0 Å². The van der Waals surface area contributed by atoms with Gasteiger partial charge in [0.2, 0.25) is 5.91 Å². The van der Waals surface area contributed by atoms with Gasteiger partial charge in [-0.1, -0.05) is 33.6 Å². The Labute approximate surface area is 150 Å². The fourth-order valence-electron chi connectivity index (χ4n) is 4.24. The average Bonchev–Trinajstić information content (AvgIpc) is 3.15. The number of piperidine rings is 1. The molecule has 0 bridgehead atoms. The summed E-state index contributed by atoms with van der Waals surface area (Å²) in [5.41, 5.74) is 0.0471. The van der Waals surface area contributed by atoms with E-state index >= 15 is 0 Å². The first-order chi connectivity index (χ1) is 11.8. The third kappa shape index (κ3) is 3.98. The van der Waals surface area contributed by atoms with Crippen LogP contribution in [0.25, 0.3) is 0 Å². The lowest BCUT2D eigenvalue weighted by Gasteiger charge is -2.33. The topological polar surface area (TPSA) is 60.1 Å². The van der Waals surface area contributed by atoms with Gasteiger partial charge < -0.3 is 4.90 Å². The van der Waals surface area contributed by atoms with E-state index in [-0.39, 0.29) is 22.9 Å². The SMILES string of the molecule is Cn1nc(C2CCN(C(=O)CC(C)(C)C)CC2)n(C2CCCC2)c1=O. The van der Waals surface area contributed by atoms with E-state index in [0.717, 1.165) is 44.6 Å². The van der Waals surface area contributed by atoms with Crippen LogP contribution < -0.4 is 5.69 Å². The second kappa shape index (κ2) is 6.96. The second-order valence-corrected chi connectivity index (χ2v) is 8.97. The molecular formula is C19H32N4O2. The maximum atomic E-state index is 12.5. The molecule has 1 saturated heterocycles. The lowest BCUT2D eigenvalue weighted by Crippen LogP contribution is -2.40. The zero-order valence-electron chi connectivity index (χ0n) is 16.1. The minimum absolute atomic E-state index is 0.0214. The fraction of sp³-hybridized carbons (Fsp3) is 0.842. The number of rotatable bonds is 3. The molecule has 0 spiro atoms. The summed E-state index contributed by atoms with van der Waals surface area (Å²) in [4.78, 5) is 27.0. The van der Waals surface area contributed by atoms with Gasteiger partial charge in [-0.25, -0.2) is 9.48 Å². The molecule has 0 radical (unpaired) electrons. The van der Waals surface area contributed by atoms with E-state index in [1.165, 1.54) is 17.5 Å². The molecule has 1 aliphatic heterocycles. The number of nitrogens with zero attached hydrogens (tertiary/aromatic N) is 4. The summed E-state index contributed by atoms with van der Waals surface area (Å²) in [5, 5.41) is 4.57. The summed E-state index contributed by atoms with van der Waals surface area (Å²) < 4.78 is 3.45. The molecule has 25 heavy (non-hydrogen) atoms. The molecule has 2 aliphatic rings. The lowest BCUT2D eigenvalue weighted by atomic mass is 9.90. The van der Waals surface area contributed by atoms with Crippen molar-refractivity contribution in [3.8, 4) is 0 Å². The number of amides is 1. The highest BCUT2D eigenvalue weighted by atomic mass is 16.2. The van der Waals surface area contributed by atoms with E-state index < -0.39 is 0 Å². The minimum Gasteiger partial charge on any atom is -0.343 e. The summed E-state index contributed by atoms with van der Waals surface area (Å²) in [5.74, 6) is 1.48. The van der Waals surface area contributed by atoms with Crippen LogP contribution in [-0.2, 0) is 11.8 Å². The number of aromatic nitrogens is 3. The van der Waals surface area contributed by atoms with Crippen molar-refractivity contribution in [2.24, 2.45) is 12.5 Å². The second-order valence-electron chi connectivity index (χ2n) is 8.97. The third-order valence-electron chi connectivity index (χ3n) is 5.57. The molecule has 3 rings (SSSR count). The van der Waals surface area contributed by atoms with Crippen LogP contribution in [0.4, 0.5) is 0 Å². The fourth-order valence-corrected chi connectivity index (χ4v) is 4.24. The number of hydrogen-bond acceptors (Lipinski definition) is 3. The number of likely N-dealkylation sites (tertiary alicyclic amines) is 1. The van der Waals surface area contributed by atoms with E-state index in [9.17, 15) is 9.59 Å². The standard InChI is InChI=1S/C19H32N4O2/c1-19(2,3)13-16(24)22-11-9-14(10-12-22)17-20-21(4)18(25)23(17)15-7-5-6-8-15/h14-15H,5-13H2,1-4H3. The van der Waals surface area contributed by atoms with Crippen LogP contribution in [0.2, 0.25) is 0 Å². The molecule has 0 unspecified atom stereocenters. The zero-order chi connectivity index (χ0) is 18.2. The quantitative estimate of drug-likeness (QED) is 0.844. The van der Waals surface area contributed by atoms with Crippen molar-refractivity contribution in [1.29, 1.82) is 0 Å². The third-order valence-corrected chi connectivity index (χ3v) is 5.57. The normalized spacial score (nSPS) is 20.4. The van der Waals surface area contributed by atoms with Crippen molar-refractivity contribution in [3.63, 3.8) is 0 Å². The van der Waals surface area contributed by atoms with Crippen LogP contribution in [0.1, 0.15) is 83.5 Å². The first kappa shape index (κ1) is 18.2. The Bertz CT molecular complexity index is 669. The molecule has 1 aliphatic carbocycles. The molecule has 6 heteroatoms. The Morgan fingerprint density at radius 1 is 1.12 bits per heavy atom. The van der Waals surface area contributed by atoms with Crippen LogP contribution in [0.3, 0.4) is 0 Å². The molecule has 140 valence electrons. The van der Waals surface area contributed by atoms with E-state index in [2.05, 4.69) is 25.9 Å². The minimum atomic E-state index is 0.0214. The first-order valence-corrected chi connectivity index (χ1v) is 9.69. The van der Waals surface area contributed by atoms with Crippen LogP contribution in [0, 0.1) is 5.41 Å².